The zero-order chi connectivity index (χ0) is 41.2. The van der Waals surface area contributed by atoms with Gasteiger partial charge in [-0.15, -0.1) is 11.3 Å². The van der Waals surface area contributed by atoms with Gasteiger partial charge in [-0.3, -0.25) is 0 Å². The Labute approximate surface area is 365 Å². The Hall–Kier alpha value is -7.26. The molecule has 0 atom stereocenters. The maximum absolute atomic E-state index is 2.56. The predicted molar refractivity (Wildman–Crippen MR) is 264 cm³/mol. The molecule has 0 aliphatic heterocycles. The molecule has 0 bridgehead atoms. The average molecular weight is 808 g/mol. The summed E-state index contributed by atoms with van der Waals surface area (Å²) < 4.78 is 2.67. The van der Waals surface area contributed by atoms with Gasteiger partial charge in [-0.25, -0.2) is 0 Å². The normalized spacial score (nSPS) is 14.2. The van der Waals surface area contributed by atoms with Gasteiger partial charge >= 0.3 is 0 Å². The van der Waals surface area contributed by atoms with Gasteiger partial charge in [0.15, 0.2) is 0 Å². The van der Waals surface area contributed by atoms with E-state index >= 15 is 0 Å². The summed E-state index contributed by atoms with van der Waals surface area (Å²) in [6.45, 7) is 4.77. The Bertz CT molecular complexity index is 3570. The number of thiophene rings is 1. The van der Waals surface area contributed by atoms with Crippen LogP contribution in [0.1, 0.15) is 47.2 Å². The van der Waals surface area contributed by atoms with E-state index in [0.29, 0.717) is 0 Å². The van der Waals surface area contributed by atoms with Crippen LogP contribution < -0.4 is 4.90 Å². The Morgan fingerprint density at radius 3 is 1.81 bits per heavy atom. The molecule has 1 aromatic heterocycles. The third-order valence-electron chi connectivity index (χ3n) is 14.1. The van der Waals surface area contributed by atoms with Gasteiger partial charge in [0.2, 0.25) is 0 Å². The second-order valence-electron chi connectivity index (χ2n) is 17.6. The summed E-state index contributed by atoms with van der Waals surface area (Å²) in [5, 5.41) is 7.75. The molecule has 0 fully saturated rings. The summed E-state index contributed by atoms with van der Waals surface area (Å²) in [7, 11) is 0. The molecule has 0 saturated carbocycles. The van der Waals surface area contributed by atoms with Gasteiger partial charge in [0, 0.05) is 47.9 Å². The lowest BCUT2D eigenvalue weighted by Crippen LogP contribution is -2.28. The topological polar surface area (TPSA) is 3.24 Å². The van der Waals surface area contributed by atoms with Crippen molar-refractivity contribution >= 4 is 70.1 Å². The van der Waals surface area contributed by atoms with E-state index in [0.717, 1.165) is 11.4 Å². The molecule has 0 spiro atoms. The van der Waals surface area contributed by atoms with Gasteiger partial charge in [-0.2, -0.15) is 0 Å². The fourth-order valence-electron chi connectivity index (χ4n) is 11.4. The van der Waals surface area contributed by atoms with Gasteiger partial charge in [0.05, 0.1) is 11.1 Å². The first-order chi connectivity index (χ1) is 30.5. The van der Waals surface area contributed by atoms with Crippen molar-refractivity contribution in [2.75, 3.05) is 4.90 Å². The van der Waals surface area contributed by atoms with Crippen LogP contribution in [0.5, 0.6) is 0 Å². The number of nitrogens with zero attached hydrogens (tertiary/aromatic N) is 1. The number of benzene rings is 10. The van der Waals surface area contributed by atoms with E-state index in [1.807, 2.05) is 11.3 Å². The van der Waals surface area contributed by atoms with Crippen molar-refractivity contribution in [1.82, 2.24) is 0 Å². The molecule has 2 heteroatoms. The molecule has 62 heavy (non-hydrogen) atoms. The monoisotopic (exact) mass is 807 g/mol. The maximum Gasteiger partial charge on any atom is 0.0714 e. The quantitative estimate of drug-likeness (QED) is 0.157. The highest BCUT2D eigenvalue weighted by Crippen LogP contribution is 2.60. The Morgan fingerprint density at radius 2 is 1.00 bits per heavy atom. The van der Waals surface area contributed by atoms with Gasteiger partial charge < -0.3 is 4.90 Å². The van der Waals surface area contributed by atoms with E-state index in [-0.39, 0.29) is 5.41 Å². The molecule has 0 radical (unpaired) electrons. The number of hydrogen-bond acceptors (Lipinski definition) is 2. The van der Waals surface area contributed by atoms with Crippen molar-refractivity contribution in [3.63, 3.8) is 0 Å². The highest BCUT2D eigenvalue weighted by Gasteiger charge is 2.47. The van der Waals surface area contributed by atoms with E-state index in [4.69, 9.17) is 0 Å². The number of rotatable bonds is 5. The molecule has 2 aliphatic carbocycles. The van der Waals surface area contributed by atoms with Crippen LogP contribution in [0.15, 0.2) is 212 Å². The summed E-state index contributed by atoms with van der Waals surface area (Å²) in [6.07, 6.45) is 0. The minimum absolute atomic E-state index is 0.152. The van der Waals surface area contributed by atoms with Crippen LogP contribution in [0.2, 0.25) is 0 Å². The molecule has 0 saturated heterocycles. The molecule has 0 amide bonds. The van der Waals surface area contributed by atoms with Crippen LogP contribution in [0.3, 0.4) is 0 Å². The third-order valence-corrected chi connectivity index (χ3v) is 15.3. The lowest BCUT2D eigenvalue weighted by Gasteiger charge is -2.34. The fourth-order valence-corrected chi connectivity index (χ4v) is 12.6. The van der Waals surface area contributed by atoms with Crippen LogP contribution >= 0.6 is 11.3 Å². The molecule has 0 unspecified atom stereocenters. The summed E-state index contributed by atoms with van der Waals surface area (Å²) in [4.78, 5) is 2.56. The first kappa shape index (κ1) is 35.5. The number of hydrogen-bond donors (Lipinski definition) is 0. The van der Waals surface area contributed by atoms with Crippen LogP contribution in [-0.4, -0.2) is 0 Å². The van der Waals surface area contributed by atoms with Gasteiger partial charge in [0.1, 0.15) is 0 Å². The van der Waals surface area contributed by atoms with Crippen molar-refractivity contribution in [3.05, 3.63) is 246 Å². The van der Waals surface area contributed by atoms with Gasteiger partial charge in [0.25, 0.3) is 0 Å². The molecule has 10 aromatic carbocycles. The van der Waals surface area contributed by atoms with Crippen LogP contribution in [0.4, 0.5) is 17.1 Å². The van der Waals surface area contributed by atoms with E-state index in [1.165, 1.54) is 103 Å². The van der Waals surface area contributed by atoms with Gasteiger partial charge in [-0.1, -0.05) is 190 Å². The van der Waals surface area contributed by atoms with Crippen LogP contribution in [-0.2, 0) is 10.8 Å². The SMILES string of the molecule is CC1(C)c2ccccc2-c2ccc(N(c3ccc4ccc5ccc6c7ccccc7sc6c5c4c3)c3cccc4c3-c3ccccc3C4(c3ccccc3)c3ccccc3)cc21. The zero-order valence-electron chi connectivity index (χ0n) is 34.6. The number of fused-ring (bicyclic) bond motifs is 13. The summed E-state index contributed by atoms with van der Waals surface area (Å²) in [5.74, 6) is 0. The maximum atomic E-state index is 2.56. The highest BCUT2D eigenvalue weighted by atomic mass is 32.1. The van der Waals surface area contributed by atoms with Crippen molar-refractivity contribution in [3.8, 4) is 22.3 Å². The average Bonchev–Trinajstić information content (AvgIpc) is 3.94. The fraction of sp³-hybridized carbons (Fsp3) is 0.0667. The predicted octanol–water partition coefficient (Wildman–Crippen LogP) is 16.5. The Morgan fingerprint density at radius 1 is 0.403 bits per heavy atom. The third kappa shape index (κ3) is 4.79. The van der Waals surface area contributed by atoms with Crippen molar-refractivity contribution in [1.29, 1.82) is 0 Å². The van der Waals surface area contributed by atoms with Crippen LogP contribution in [0.25, 0.3) is 64.0 Å². The second-order valence-corrected chi connectivity index (χ2v) is 18.6. The Balaban J connectivity index is 1.13. The minimum atomic E-state index is -0.510. The highest BCUT2D eigenvalue weighted by molar-refractivity contribution is 7.26. The number of anilines is 3. The van der Waals surface area contributed by atoms with E-state index in [2.05, 4.69) is 231 Å². The molecule has 11 aromatic rings. The van der Waals surface area contributed by atoms with Crippen molar-refractivity contribution < 1.29 is 0 Å². The smallest absolute Gasteiger partial charge is 0.0714 e. The molecule has 0 N–H and O–H groups in total. The summed E-state index contributed by atoms with van der Waals surface area (Å²) >= 11 is 1.91. The molecule has 13 rings (SSSR count). The second kappa shape index (κ2) is 13.1. The molecule has 2 aliphatic rings. The first-order valence-corrected chi connectivity index (χ1v) is 22.5. The van der Waals surface area contributed by atoms with Crippen molar-refractivity contribution in [2.45, 2.75) is 24.7 Å². The Kier molecular flexibility index (Phi) is 7.51. The zero-order valence-corrected chi connectivity index (χ0v) is 35.4. The van der Waals surface area contributed by atoms with E-state index in [1.54, 1.807) is 0 Å². The molecule has 1 nitrogen and oxygen atoms in total. The largest absolute Gasteiger partial charge is 0.310 e. The van der Waals surface area contributed by atoms with Crippen LogP contribution in [0, 0.1) is 0 Å². The summed E-state index contributed by atoms with van der Waals surface area (Å²) in [6, 6.07) is 79.8. The molecular weight excluding hydrogens is 767 g/mol. The molecular formula is C60H41NS. The van der Waals surface area contributed by atoms with E-state index < -0.39 is 5.41 Å². The lowest BCUT2D eigenvalue weighted by molar-refractivity contribution is 0.660. The van der Waals surface area contributed by atoms with E-state index in [9.17, 15) is 0 Å². The standard InChI is InChI=1S/C60H41NS/c1-59(2)50-23-12-9-20-44(50)45-35-33-43(37-53(45)59)61(42-32-30-38-28-29-39-31-34-47-46-21-11-14-27-55(46)62-58(47)56(39)49(38)36-42)54-26-15-25-52-57(54)48-22-10-13-24-51(48)60(52,40-16-5-3-6-17-40)41-18-7-4-8-19-41/h3-37H,1-2H3. The minimum Gasteiger partial charge on any atom is -0.310 e. The molecule has 292 valence electrons. The first-order valence-electron chi connectivity index (χ1n) is 21.7. The lowest BCUT2D eigenvalue weighted by atomic mass is 9.68. The van der Waals surface area contributed by atoms with Gasteiger partial charge in [-0.05, 0) is 103 Å². The van der Waals surface area contributed by atoms with Crippen molar-refractivity contribution in [2.24, 2.45) is 0 Å². The summed E-state index contributed by atoms with van der Waals surface area (Å²) in [5.41, 5.74) is 15.9. The molecule has 1 heterocycles.